The third kappa shape index (κ3) is 3.51. The summed E-state index contributed by atoms with van der Waals surface area (Å²) in [6.45, 7) is 7.00. The maximum absolute atomic E-state index is 10.8. The van der Waals surface area contributed by atoms with Gasteiger partial charge in [0, 0.05) is 37.6 Å². The average molecular weight is 269 g/mol. The van der Waals surface area contributed by atoms with Crippen LogP contribution in [0.2, 0.25) is 0 Å². The maximum atomic E-state index is 10.8. The highest BCUT2D eigenvalue weighted by molar-refractivity contribution is 7.11. The van der Waals surface area contributed by atoms with Gasteiger partial charge in [-0.1, -0.05) is 0 Å². The summed E-state index contributed by atoms with van der Waals surface area (Å²) in [4.78, 5) is 20.9. The van der Waals surface area contributed by atoms with Gasteiger partial charge >= 0.3 is 5.97 Å². The number of aliphatic carboxylic acids is 1. The molecule has 1 aromatic heterocycles. The van der Waals surface area contributed by atoms with E-state index in [-0.39, 0.29) is 6.42 Å². The van der Waals surface area contributed by atoms with Gasteiger partial charge in [0.25, 0.3) is 0 Å². The minimum Gasteiger partial charge on any atom is -0.481 e. The van der Waals surface area contributed by atoms with Crippen LogP contribution in [0.15, 0.2) is 0 Å². The summed E-state index contributed by atoms with van der Waals surface area (Å²) in [6.07, 6.45) is 0.0351. The zero-order valence-electron chi connectivity index (χ0n) is 10.8. The molecule has 2 rings (SSSR count). The summed E-state index contributed by atoms with van der Waals surface area (Å²) in [7, 11) is 2.13. The predicted octanol–water partition coefficient (Wildman–Crippen LogP) is 0.826. The number of hydrogen-bond acceptors (Lipinski definition) is 5. The number of aryl methyl sites for hydroxylation is 1. The molecule has 0 aliphatic carbocycles. The van der Waals surface area contributed by atoms with E-state index in [2.05, 4.69) is 21.8 Å². The number of piperazine rings is 1. The van der Waals surface area contributed by atoms with Crippen molar-refractivity contribution in [1.82, 2.24) is 14.8 Å². The number of aromatic nitrogens is 1. The number of carbonyl (C=O) groups is 1. The Morgan fingerprint density at radius 1 is 1.39 bits per heavy atom. The summed E-state index contributed by atoms with van der Waals surface area (Å²) in [5.41, 5.74) is 0.740. The summed E-state index contributed by atoms with van der Waals surface area (Å²) in [5.74, 6) is -0.806. The third-order valence-electron chi connectivity index (χ3n) is 3.17. The van der Waals surface area contributed by atoms with Gasteiger partial charge in [0.15, 0.2) is 0 Å². The van der Waals surface area contributed by atoms with Crippen molar-refractivity contribution < 1.29 is 9.90 Å². The fourth-order valence-corrected chi connectivity index (χ4v) is 3.12. The van der Waals surface area contributed by atoms with Gasteiger partial charge in [0.2, 0.25) is 0 Å². The van der Waals surface area contributed by atoms with Crippen LogP contribution in [-0.2, 0) is 17.8 Å². The van der Waals surface area contributed by atoms with Crippen LogP contribution in [0.25, 0.3) is 0 Å². The number of carboxylic acids is 1. The molecule has 0 amide bonds. The molecule has 0 unspecified atom stereocenters. The molecule has 1 fully saturated rings. The number of carboxylic acid groups (broad SMARTS) is 1. The Labute approximate surface area is 111 Å². The highest BCUT2D eigenvalue weighted by Gasteiger charge is 2.18. The van der Waals surface area contributed by atoms with E-state index in [1.807, 2.05) is 6.92 Å². The van der Waals surface area contributed by atoms with E-state index in [9.17, 15) is 4.79 Å². The molecule has 0 radical (unpaired) electrons. The fourth-order valence-electron chi connectivity index (χ4n) is 2.13. The molecule has 1 aliphatic rings. The topological polar surface area (TPSA) is 56.7 Å². The van der Waals surface area contributed by atoms with Gasteiger partial charge in [-0.3, -0.25) is 9.69 Å². The zero-order valence-corrected chi connectivity index (χ0v) is 11.7. The first-order valence-corrected chi connectivity index (χ1v) is 6.94. The molecule has 100 valence electrons. The Balaban J connectivity index is 2.01. The number of likely N-dealkylation sites (N-methyl/N-ethyl adjacent to an activating group) is 1. The van der Waals surface area contributed by atoms with Crippen molar-refractivity contribution in [2.45, 2.75) is 19.9 Å². The van der Waals surface area contributed by atoms with E-state index in [1.165, 1.54) is 0 Å². The van der Waals surface area contributed by atoms with Crippen molar-refractivity contribution in [3.05, 3.63) is 15.6 Å². The largest absolute Gasteiger partial charge is 0.481 e. The van der Waals surface area contributed by atoms with E-state index in [1.54, 1.807) is 11.3 Å². The summed E-state index contributed by atoms with van der Waals surface area (Å²) in [6, 6.07) is 0. The van der Waals surface area contributed by atoms with E-state index in [4.69, 9.17) is 5.11 Å². The van der Waals surface area contributed by atoms with Gasteiger partial charge in [-0.15, -0.1) is 11.3 Å². The van der Waals surface area contributed by atoms with Gasteiger partial charge in [0.1, 0.15) is 0 Å². The SMILES string of the molecule is Cc1nc(CC(=O)O)c(CN2CCN(C)CC2)s1. The van der Waals surface area contributed by atoms with Crippen LogP contribution in [0.5, 0.6) is 0 Å². The Bertz CT molecular complexity index is 425. The van der Waals surface area contributed by atoms with Crippen LogP contribution in [0.1, 0.15) is 15.6 Å². The van der Waals surface area contributed by atoms with Gasteiger partial charge in [-0.05, 0) is 14.0 Å². The Hall–Kier alpha value is -0.980. The Morgan fingerprint density at radius 3 is 2.67 bits per heavy atom. The van der Waals surface area contributed by atoms with E-state index in [0.29, 0.717) is 0 Å². The van der Waals surface area contributed by atoms with Crippen molar-refractivity contribution in [2.75, 3.05) is 33.2 Å². The van der Waals surface area contributed by atoms with Crippen LogP contribution >= 0.6 is 11.3 Å². The second kappa shape index (κ2) is 5.77. The van der Waals surface area contributed by atoms with Crippen molar-refractivity contribution in [3.8, 4) is 0 Å². The summed E-state index contributed by atoms with van der Waals surface area (Å²) >= 11 is 1.62. The van der Waals surface area contributed by atoms with Gasteiger partial charge in [-0.2, -0.15) is 0 Å². The quantitative estimate of drug-likeness (QED) is 0.877. The van der Waals surface area contributed by atoms with Crippen molar-refractivity contribution in [1.29, 1.82) is 0 Å². The summed E-state index contributed by atoms with van der Waals surface area (Å²) in [5, 5.41) is 9.84. The number of rotatable bonds is 4. The van der Waals surface area contributed by atoms with Crippen molar-refractivity contribution >= 4 is 17.3 Å². The second-order valence-corrected chi connectivity index (χ2v) is 6.04. The number of hydrogen-bond donors (Lipinski definition) is 1. The molecule has 0 atom stereocenters. The molecule has 2 heterocycles. The lowest BCUT2D eigenvalue weighted by Gasteiger charge is -2.32. The Kier molecular flexibility index (Phi) is 4.31. The van der Waals surface area contributed by atoms with Crippen LogP contribution in [-0.4, -0.2) is 59.1 Å². The second-order valence-electron chi connectivity index (χ2n) is 4.75. The molecule has 5 nitrogen and oxygen atoms in total. The van der Waals surface area contributed by atoms with E-state index >= 15 is 0 Å². The fraction of sp³-hybridized carbons (Fsp3) is 0.667. The third-order valence-corrected chi connectivity index (χ3v) is 4.16. The van der Waals surface area contributed by atoms with E-state index in [0.717, 1.165) is 48.3 Å². The lowest BCUT2D eigenvalue weighted by molar-refractivity contribution is -0.136. The molecule has 0 aromatic carbocycles. The molecule has 1 N–H and O–H groups in total. The first kappa shape index (κ1) is 13.5. The lowest BCUT2D eigenvalue weighted by Crippen LogP contribution is -2.43. The normalized spacial score (nSPS) is 18.1. The zero-order chi connectivity index (χ0) is 13.1. The van der Waals surface area contributed by atoms with Gasteiger partial charge < -0.3 is 10.0 Å². The van der Waals surface area contributed by atoms with Crippen molar-refractivity contribution in [2.24, 2.45) is 0 Å². The van der Waals surface area contributed by atoms with Crippen LogP contribution < -0.4 is 0 Å². The molecule has 18 heavy (non-hydrogen) atoms. The van der Waals surface area contributed by atoms with E-state index < -0.39 is 5.97 Å². The molecule has 0 bridgehead atoms. The molecule has 1 aliphatic heterocycles. The molecule has 1 saturated heterocycles. The van der Waals surface area contributed by atoms with Gasteiger partial charge in [-0.25, -0.2) is 4.98 Å². The molecular formula is C12H19N3O2S. The molecule has 1 aromatic rings. The average Bonchev–Trinajstić information content (AvgIpc) is 2.61. The maximum Gasteiger partial charge on any atom is 0.309 e. The minimum atomic E-state index is -0.806. The highest BCUT2D eigenvalue weighted by atomic mass is 32.1. The van der Waals surface area contributed by atoms with Crippen LogP contribution in [0, 0.1) is 6.92 Å². The number of thiazole rings is 1. The molecule has 0 saturated carbocycles. The Morgan fingerprint density at radius 2 is 2.06 bits per heavy atom. The smallest absolute Gasteiger partial charge is 0.309 e. The van der Waals surface area contributed by atoms with Crippen LogP contribution in [0.3, 0.4) is 0 Å². The van der Waals surface area contributed by atoms with Crippen LogP contribution in [0.4, 0.5) is 0 Å². The summed E-state index contributed by atoms with van der Waals surface area (Å²) < 4.78 is 0. The molecular weight excluding hydrogens is 250 g/mol. The van der Waals surface area contributed by atoms with Gasteiger partial charge in [0.05, 0.1) is 17.1 Å². The first-order chi connectivity index (χ1) is 8.54. The predicted molar refractivity (Wildman–Crippen MR) is 71.0 cm³/mol. The minimum absolute atomic E-state index is 0.0351. The highest BCUT2D eigenvalue weighted by Crippen LogP contribution is 2.21. The monoisotopic (exact) mass is 269 g/mol. The number of nitrogens with zero attached hydrogens (tertiary/aromatic N) is 3. The molecule has 0 spiro atoms. The molecule has 6 heteroatoms. The lowest BCUT2D eigenvalue weighted by atomic mass is 10.2. The van der Waals surface area contributed by atoms with Crippen molar-refractivity contribution in [3.63, 3.8) is 0 Å². The first-order valence-electron chi connectivity index (χ1n) is 6.12. The standard InChI is InChI=1S/C12H19N3O2S/c1-9-13-10(7-12(16)17)11(18-9)8-15-5-3-14(2)4-6-15/h3-8H2,1-2H3,(H,16,17).